The van der Waals surface area contributed by atoms with Crippen molar-refractivity contribution in [2.24, 2.45) is 0 Å². The molecule has 2 rings (SSSR count). The number of aromatic nitrogens is 1. The Hall–Kier alpha value is -1.19. The van der Waals surface area contributed by atoms with E-state index in [1.807, 2.05) is 30.3 Å². The van der Waals surface area contributed by atoms with E-state index in [0.717, 1.165) is 11.3 Å². The molecule has 1 aromatic heterocycles. The molecule has 0 aliphatic heterocycles. The Balaban J connectivity index is 0.000000213. The van der Waals surface area contributed by atoms with Crippen LogP contribution in [0.2, 0.25) is 0 Å². The number of aromatic amines is 1. The molecule has 0 unspecified atom stereocenters. The van der Waals surface area contributed by atoms with E-state index in [4.69, 9.17) is 10.5 Å². The molecule has 0 amide bonds. The van der Waals surface area contributed by atoms with Crippen molar-refractivity contribution in [2.75, 3.05) is 5.73 Å². The van der Waals surface area contributed by atoms with Crippen molar-refractivity contribution in [3.63, 3.8) is 0 Å². The van der Waals surface area contributed by atoms with Crippen LogP contribution < -0.4 is 5.73 Å². The minimum Gasteiger partial charge on any atom is -0.385 e. The van der Waals surface area contributed by atoms with Gasteiger partial charge in [0.15, 0.2) is 0 Å². The van der Waals surface area contributed by atoms with E-state index in [1.165, 1.54) is 5.39 Å². The third-order valence-electron chi connectivity index (χ3n) is 1.55. The predicted octanol–water partition coefficient (Wildman–Crippen LogP) is 3.33. The number of nitrogens with one attached hydrogen (secondary N) is 1. The predicted molar refractivity (Wildman–Crippen MR) is 59.8 cm³/mol. The summed E-state index contributed by atoms with van der Waals surface area (Å²) in [6.07, 6.45) is 0. The summed E-state index contributed by atoms with van der Waals surface area (Å²) in [4.78, 5) is 12.0. The molecule has 5 heteroatoms. The van der Waals surface area contributed by atoms with Crippen molar-refractivity contribution in [1.82, 2.24) is 4.98 Å². The zero-order valence-electron chi connectivity index (χ0n) is 7.13. The smallest absolute Gasteiger partial charge is 0.313 e. The van der Waals surface area contributed by atoms with E-state index in [2.05, 4.69) is 28.2 Å². The van der Waals surface area contributed by atoms with E-state index < -0.39 is 4.70 Å². The van der Waals surface area contributed by atoms with Crippen molar-refractivity contribution >= 4 is 44.6 Å². The fourth-order valence-corrected chi connectivity index (χ4v) is 1.10. The molecule has 0 bridgehead atoms. The van der Waals surface area contributed by atoms with Gasteiger partial charge in [0.25, 0.3) is 0 Å². The van der Waals surface area contributed by atoms with E-state index in [9.17, 15) is 0 Å². The van der Waals surface area contributed by atoms with Crippen LogP contribution in [0.5, 0.6) is 0 Å². The number of nitrogens with two attached hydrogens (primary N) is 1. The number of para-hydroxylation sites is 1. The standard InChI is InChI=1S/C8H8N2.CCl2O/c9-8-5-6-3-1-2-4-7(6)10-8;2-1(3)4/h1-5,10H,9H2;. The number of rotatable bonds is 0. The molecule has 1 aromatic carbocycles. The van der Waals surface area contributed by atoms with Gasteiger partial charge in [-0.05, 0) is 35.3 Å². The lowest BCUT2D eigenvalue weighted by atomic mass is 10.3. The van der Waals surface area contributed by atoms with E-state index in [1.54, 1.807) is 0 Å². The van der Waals surface area contributed by atoms with Crippen molar-refractivity contribution < 1.29 is 4.79 Å². The number of halogens is 2. The van der Waals surface area contributed by atoms with Crippen LogP contribution in [-0.4, -0.2) is 9.69 Å². The fourth-order valence-electron chi connectivity index (χ4n) is 1.10. The first-order valence-electron chi connectivity index (χ1n) is 3.78. The molecular weight excluding hydrogens is 223 g/mol. The lowest BCUT2D eigenvalue weighted by Gasteiger charge is -1.83. The molecule has 2 aromatic rings. The molecular formula is C9H8Cl2N2O. The van der Waals surface area contributed by atoms with Crippen LogP contribution in [0.25, 0.3) is 10.9 Å². The molecule has 1 heterocycles. The van der Waals surface area contributed by atoms with Gasteiger partial charge in [0.2, 0.25) is 0 Å². The number of fused-ring (bicyclic) bond motifs is 1. The molecule has 0 fully saturated rings. The monoisotopic (exact) mass is 230 g/mol. The summed E-state index contributed by atoms with van der Waals surface area (Å²) in [5.41, 5.74) is 6.63. The van der Waals surface area contributed by atoms with Crippen molar-refractivity contribution in [2.45, 2.75) is 0 Å². The highest BCUT2D eigenvalue weighted by atomic mass is 35.5. The molecule has 0 spiro atoms. The Morgan fingerprint density at radius 1 is 1.29 bits per heavy atom. The Morgan fingerprint density at radius 2 is 1.86 bits per heavy atom. The van der Waals surface area contributed by atoms with E-state index in [-0.39, 0.29) is 0 Å². The number of anilines is 1. The quantitative estimate of drug-likeness (QED) is 0.683. The zero-order chi connectivity index (χ0) is 10.6. The SMILES string of the molecule is Nc1cc2ccccc2[nH]1.O=C(Cl)Cl. The van der Waals surface area contributed by atoms with Crippen molar-refractivity contribution in [3.8, 4) is 0 Å². The first-order valence-corrected chi connectivity index (χ1v) is 4.53. The van der Waals surface area contributed by atoms with Gasteiger partial charge in [-0.1, -0.05) is 18.2 Å². The highest BCUT2D eigenvalue weighted by molar-refractivity contribution is 6.93. The van der Waals surface area contributed by atoms with Crippen LogP contribution in [0.1, 0.15) is 0 Å². The van der Waals surface area contributed by atoms with Gasteiger partial charge >= 0.3 is 4.70 Å². The van der Waals surface area contributed by atoms with Crippen molar-refractivity contribution in [1.29, 1.82) is 0 Å². The van der Waals surface area contributed by atoms with Crippen LogP contribution >= 0.6 is 23.2 Å². The van der Waals surface area contributed by atoms with Crippen LogP contribution in [-0.2, 0) is 0 Å². The molecule has 14 heavy (non-hydrogen) atoms. The summed E-state index contributed by atoms with van der Waals surface area (Å²) in [5, 5.41) is 1.17. The average molecular weight is 231 g/mol. The molecule has 3 N–H and O–H groups in total. The molecule has 0 aliphatic rings. The van der Waals surface area contributed by atoms with Crippen LogP contribution in [0.4, 0.5) is 10.6 Å². The van der Waals surface area contributed by atoms with Crippen LogP contribution in [0.15, 0.2) is 30.3 Å². The lowest BCUT2D eigenvalue weighted by molar-refractivity contribution is 0.275. The number of benzene rings is 1. The van der Waals surface area contributed by atoms with Gasteiger partial charge in [-0.15, -0.1) is 0 Å². The average Bonchev–Trinajstić information content (AvgIpc) is 2.42. The second-order valence-electron chi connectivity index (χ2n) is 2.54. The maximum Gasteiger partial charge on any atom is 0.313 e. The third-order valence-corrected chi connectivity index (χ3v) is 1.55. The summed E-state index contributed by atoms with van der Waals surface area (Å²) in [5.74, 6) is 0.723. The van der Waals surface area contributed by atoms with Crippen LogP contribution in [0.3, 0.4) is 0 Å². The summed E-state index contributed by atoms with van der Waals surface area (Å²) in [6.45, 7) is 0. The first-order chi connectivity index (χ1) is 6.59. The number of carbonyl (C=O) groups is 1. The Kier molecular flexibility index (Phi) is 3.80. The van der Waals surface area contributed by atoms with E-state index in [0.29, 0.717) is 0 Å². The van der Waals surface area contributed by atoms with E-state index >= 15 is 0 Å². The normalized spacial score (nSPS) is 9.29. The van der Waals surface area contributed by atoms with Gasteiger partial charge in [-0.3, -0.25) is 4.79 Å². The van der Waals surface area contributed by atoms with Crippen molar-refractivity contribution in [3.05, 3.63) is 30.3 Å². The van der Waals surface area contributed by atoms with Gasteiger partial charge in [-0.2, -0.15) is 0 Å². The van der Waals surface area contributed by atoms with Gasteiger partial charge < -0.3 is 10.7 Å². The second-order valence-corrected chi connectivity index (χ2v) is 3.42. The minimum atomic E-state index is -0.889. The third kappa shape index (κ3) is 3.28. The lowest BCUT2D eigenvalue weighted by Crippen LogP contribution is -1.80. The van der Waals surface area contributed by atoms with Crippen LogP contribution in [0, 0.1) is 0 Å². The number of carbonyl (C=O) groups excluding carboxylic acids is 1. The second kappa shape index (κ2) is 4.88. The molecule has 3 nitrogen and oxygen atoms in total. The Morgan fingerprint density at radius 3 is 2.43 bits per heavy atom. The molecule has 74 valence electrons. The molecule has 0 saturated carbocycles. The molecule has 0 radical (unpaired) electrons. The topological polar surface area (TPSA) is 58.9 Å². The summed E-state index contributed by atoms with van der Waals surface area (Å²) >= 11 is 8.80. The fraction of sp³-hybridized carbons (Fsp3) is 0. The van der Waals surface area contributed by atoms with Gasteiger partial charge in [0, 0.05) is 10.9 Å². The highest BCUT2D eigenvalue weighted by Gasteiger charge is 1.92. The number of H-pyrrole nitrogens is 1. The number of hydrogen-bond donors (Lipinski definition) is 2. The summed E-state index contributed by atoms with van der Waals surface area (Å²) in [7, 11) is 0. The van der Waals surface area contributed by atoms with Gasteiger partial charge in [0.05, 0.1) is 0 Å². The Bertz CT molecular complexity index is 402. The molecule has 0 aliphatic carbocycles. The summed E-state index contributed by atoms with van der Waals surface area (Å²) in [6, 6.07) is 9.94. The number of hydrogen-bond acceptors (Lipinski definition) is 2. The molecule has 0 atom stereocenters. The summed E-state index contributed by atoms with van der Waals surface area (Å²) < 4.78 is -0.889. The van der Waals surface area contributed by atoms with Gasteiger partial charge in [0.1, 0.15) is 5.82 Å². The molecule has 0 saturated heterocycles. The zero-order valence-corrected chi connectivity index (χ0v) is 8.64. The maximum atomic E-state index is 8.98. The largest absolute Gasteiger partial charge is 0.385 e. The first kappa shape index (κ1) is 10.9. The highest BCUT2D eigenvalue weighted by Crippen LogP contribution is 2.14. The Labute approximate surface area is 90.8 Å². The number of nitrogen functional groups attached to an aromatic ring is 1. The minimum absolute atomic E-state index is 0.723. The van der Waals surface area contributed by atoms with Gasteiger partial charge in [-0.25, -0.2) is 0 Å². The maximum absolute atomic E-state index is 8.98.